The quantitative estimate of drug-likeness (QED) is 0.0805. The highest BCUT2D eigenvalue weighted by Gasteiger charge is 2.13. The van der Waals surface area contributed by atoms with Crippen molar-refractivity contribution in [1.29, 1.82) is 0 Å². The molecular weight excluding hydrogens is 391 g/mol. The molecule has 0 aromatic carbocycles. The van der Waals surface area contributed by atoms with Gasteiger partial charge in [-0.3, -0.25) is 0 Å². The lowest BCUT2D eigenvalue weighted by atomic mass is 9.97. The first-order valence-corrected chi connectivity index (χ1v) is 14.0. The van der Waals surface area contributed by atoms with Gasteiger partial charge >= 0.3 is 8.60 Å². The predicted molar refractivity (Wildman–Crippen MR) is 133 cm³/mol. The second-order valence-corrected chi connectivity index (χ2v) is 9.29. The van der Waals surface area contributed by atoms with Gasteiger partial charge in [0, 0.05) is 6.42 Å². The van der Waals surface area contributed by atoms with E-state index < -0.39 is 8.60 Å². The first-order chi connectivity index (χ1) is 14.6. The highest BCUT2D eigenvalue weighted by molar-refractivity contribution is 7.39. The molecule has 0 heterocycles. The predicted octanol–water partition coefficient (Wildman–Crippen LogP) is 9.50. The number of rotatable bonds is 21. The van der Waals surface area contributed by atoms with Gasteiger partial charge in [-0.25, -0.2) is 0 Å². The summed E-state index contributed by atoms with van der Waals surface area (Å²) >= 11 is 0. The fraction of sp³-hybridized carbons (Fsp3) is 0.846. The summed E-state index contributed by atoms with van der Waals surface area (Å²) in [6.45, 7) is 8.96. The summed E-state index contributed by atoms with van der Waals surface area (Å²) in [6.07, 6.45) is 23.6. The van der Waals surface area contributed by atoms with Crippen LogP contribution < -0.4 is 0 Å². The summed E-state index contributed by atoms with van der Waals surface area (Å²) in [7, 11) is -2.33. The molecule has 3 nitrogen and oxygen atoms in total. The zero-order valence-corrected chi connectivity index (χ0v) is 21.4. The third-order valence-electron chi connectivity index (χ3n) is 5.74. The van der Waals surface area contributed by atoms with E-state index in [0.29, 0.717) is 0 Å². The monoisotopic (exact) mass is 442 g/mol. The van der Waals surface area contributed by atoms with Crippen LogP contribution in [0, 0.1) is 0 Å². The molecule has 0 atom stereocenters. The second kappa shape index (κ2) is 21.8. The minimum Gasteiger partial charge on any atom is -0.432 e. The summed E-state index contributed by atoms with van der Waals surface area (Å²) in [5.74, 6) is 0.869. The number of hydrogen-bond donors (Lipinski definition) is 2. The topological polar surface area (TPSA) is 49.7 Å². The Morgan fingerprint density at radius 1 is 0.633 bits per heavy atom. The average Bonchev–Trinajstić information content (AvgIpc) is 2.72. The van der Waals surface area contributed by atoms with Crippen molar-refractivity contribution in [3.63, 3.8) is 0 Å². The zero-order chi connectivity index (χ0) is 22.5. The molecule has 4 heteroatoms. The van der Waals surface area contributed by atoms with E-state index in [-0.39, 0.29) is 0 Å². The largest absolute Gasteiger partial charge is 0.432 e. The molecule has 30 heavy (non-hydrogen) atoms. The van der Waals surface area contributed by atoms with E-state index in [4.69, 9.17) is 4.52 Å². The van der Waals surface area contributed by atoms with E-state index in [1.54, 1.807) is 5.57 Å². The van der Waals surface area contributed by atoms with Gasteiger partial charge in [-0.2, -0.15) is 0 Å². The summed E-state index contributed by atoms with van der Waals surface area (Å²) < 4.78 is 5.53. The normalized spacial score (nSPS) is 13.1. The van der Waals surface area contributed by atoms with Crippen molar-refractivity contribution >= 4 is 8.60 Å². The Kier molecular flexibility index (Phi) is 21.6. The summed E-state index contributed by atoms with van der Waals surface area (Å²) in [5, 5.41) is 0. The molecule has 0 radical (unpaired) electrons. The van der Waals surface area contributed by atoms with Gasteiger partial charge < -0.3 is 14.3 Å². The molecule has 0 bridgehead atoms. The molecule has 0 rings (SSSR count). The van der Waals surface area contributed by atoms with Crippen LogP contribution in [-0.2, 0) is 4.52 Å². The zero-order valence-electron chi connectivity index (χ0n) is 20.6. The Morgan fingerprint density at radius 2 is 1.13 bits per heavy atom. The Morgan fingerprint density at radius 3 is 1.73 bits per heavy atom. The van der Waals surface area contributed by atoms with Crippen LogP contribution in [0.2, 0.25) is 0 Å². The van der Waals surface area contributed by atoms with Crippen molar-refractivity contribution in [2.75, 3.05) is 0 Å². The molecular formula is C26H51O3P. The van der Waals surface area contributed by atoms with Gasteiger partial charge in [-0.05, 0) is 76.2 Å². The molecule has 2 N–H and O–H groups in total. The van der Waals surface area contributed by atoms with Crippen LogP contribution in [-0.4, -0.2) is 9.79 Å². The Hall–Kier alpha value is -0.370. The molecule has 0 fully saturated rings. The van der Waals surface area contributed by atoms with E-state index in [2.05, 4.69) is 33.8 Å². The first kappa shape index (κ1) is 29.6. The van der Waals surface area contributed by atoms with Gasteiger partial charge in [0.2, 0.25) is 0 Å². The molecule has 0 aliphatic carbocycles. The Balaban J connectivity index is 4.78. The number of hydrogen-bond acceptors (Lipinski definition) is 3. The fourth-order valence-corrected chi connectivity index (χ4v) is 4.26. The molecule has 0 unspecified atom stereocenters. The molecule has 0 saturated heterocycles. The van der Waals surface area contributed by atoms with Crippen LogP contribution in [0.1, 0.15) is 143 Å². The minimum atomic E-state index is -2.33. The molecule has 0 aliphatic heterocycles. The molecule has 178 valence electrons. The van der Waals surface area contributed by atoms with Crippen molar-refractivity contribution in [2.45, 2.75) is 143 Å². The molecule has 0 saturated carbocycles. The molecule has 0 amide bonds. The third-order valence-corrected chi connectivity index (χ3v) is 6.13. The van der Waals surface area contributed by atoms with Gasteiger partial charge in [0.1, 0.15) is 5.76 Å². The number of allylic oxidation sites excluding steroid dienone is 4. The fourth-order valence-electron chi connectivity index (χ4n) is 3.84. The maximum atomic E-state index is 9.48. The summed E-state index contributed by atoms with van der Waals surface area (Å²) in [5.41, 5.74) is 2.97. The maximum absolute atomic E-state index is 9.48. The van der Waals surface area contributed by atoms with Gasteiger partial charge in [0.25, 0.3) is 0 Å². The van der Waals surface area contributed by atoms with Crippen molar-refractivity contribution in [3.05, 3.63) is 23.0 Å². The Labute approximate surface area is 189 Å². The van der Waals surface area contributed by atoms with Gasteiger partial charge in [0.05, 0.1) is 0 Å². The van der Waals surface area contributed by atoms with Crippen molar-refractivity contribution in [2.24, 2.45) is 0 Å². The van der Waals surface area contributed by atoms with Gasteiger partial charge in [0.15, 0.2) is 0 Å². The van der Waals surface area contributed by atoms with E-state index in [0.717, 1.165) is 57.1 Å². The lowest BCUT2D eigenvalue weighted by Crippen LogP contribution is -1.98. The second-order valence-electron chi connectivity index (χ2n) is 8.60. The average molecular weight is 443 g/mol. The molecule has 0 aliphatic rings. The van der Waals surface area contributed by atoms with Crippen molar-refractivity contribution < 1.29 is 14.3 Å². The summed E-state index contributed by atoms with van der Waals surface area (Å²) in [6, 6.07) is 0. The van der Waals surface area contributed by atoms with E-state index >= 15 is 0 Å². The van der Waals surface area contributed by atoms with Crippen LogP contribution in [0.5, 0.6) is 0 Å². The smallest absolute Gasteiger partial charge is 0.391 e. The van der Waals surface area contributed by atoms with Crippen molar-refractivity contribution in [1.82, 2.24) is 0 Å². The Bertz CT molecular complexity index is 444. The van der Waals surface area contributed by atoms with Crippen LogP contribution in [0.4, 0.5) is 0 Å². The van der Waals surface area contributed by atoms with E-state index in [9.17, 15) is 9.79 Å². The van der Waals surface area contributed by atoms with E-state index in [1.165, 1.54) is 69.8 Å². The lowest BCUT2D eigenvalue weighted by molar-refractivity contribution is 0.301. The van der Waals surface area contributed by atoms with Crippen LogP contribution in [0.25, 0.3) is 0 Å². The minimum absolute atomic E-state index is 0.832. The molecule has 0 spiro atoms. The van der Waals surface area contributed by atoms with Gasteiger partial charge in [-0.1, -0.05) is 77.9 Å². The highest BCUT2D eigenvalue weighted by atomic mass is 31.2. The highest BCUT2D eigenvalue weighted by Crippen LogP contribution is 2.35. The molecule has 0 aromatic heterocycles. The maximum Gasteiger partial charge on any atom is 0.391 e. The van der Waals surface area contributed by atoms with Crippen LogP contribution >= 0.6 is 8.60 Å². The standard InChI is InChI=1S/C26H51O3P/c1-5-9-14-19-24(18-11-7-3)20-16-13-17-23-26(29-30(27)28)25(21-12-8-4)22-15-10-6-2/h20,27-28H,5-19,21-23H2,1-4H3. The SMILES string of the molecule is CCCCCC(=CCCCCC(OP(O)O)=C(CCCC)CCCCC)CCCC. The third kappa shape index (κ3) is 17.3. The first-order valence-electron chi connectivity index (χ1n) is 12.8. The molecule has 0 aromatic rings. The van der Waals surface area contributed by atoms with Gasteiger partial charge in [-0.15, -0.1) is 0 Å². The summed E-state index contributed by atoms with van der Waals surface area (Å²) in [4.78, 5) is 19.0. The van der Waals surface area contributed by atoms with Crippen LogP contribution in [0.3, 0.4) is 0 Å². The number of unbranched alkanes of at least 4 members (excludes halogenated alkanes) is 8. The van der Waals surface area contributed by atoms with Crippen LogP contribution in [0.15, 0.2) is 23.0 Å². The van der Waals surface area contributed by atoms with E-state index in [1.807, 2.05) is 0 Å². The van der Waals surface area contributed by atoms with Crippen molar-refractivity contribution in [3.8, 4) is 0 Å². The lowest BCUT2D eigenvalue weighted by Gasteiger charge is -2.17.